The topological polar surface area (TPSA) is 62.7 Å². The van der Waals surface area contributed by atoms with Crippen molar-refractivity contribution in [2.24, 2.45) is 0 Å². The van der Waals surface area contributed by atoms with Gasteiger partial charge in [0.15, 0.2) is 0 Å². The molecular formula is C21H26N2O3Si. The molecular weight excluding hydrogens is 356 g/mol. The Morgan fingerprint density at radius 1 is 1.22 bits per heavy atom. The summed E-state index contributed by atoms with van der Waals surface area (Å²) in [6, 6.07) is 10.4. The van der Waals surface area contributed by atoms with Crippen molar-refractivity contribution in [1.29, 1.82) is 0 Å². The standard InChI is InChI=1S/C21H26N2O3Si/c1-27(2,3)10-9-26-14-23-19-18(5-4-8-22-19)21(20(23)25)12-15-6-7-17(24)11-16(15)13-21/h4-8,11,24H,9-10,12-14H2,1-3H3/t21-/m1/s1. The number of phenols is 1. The molecule has 1 N–H and O–H groups in total. The first kappa shape index (κ1) is 18.2. The largest absolute Gasteiger partial charge is 0.508 e. The molecule has 142 valence electrons. The summed E-state index contributed by atoms with van der Waals surface area (Å²) in [6.07, 6.45) is 2.97. The summed E-state index contributed by atoms with van der Waals surface area (Å²) in [5.74, 6) is 1.02. The van der Waals surface area contributed by atoms with Gasteiger partial charge in [-0.25, -0.2) is 4.98 Å². The van der Waals surface area contributed by atoms with Gasteiger partial charge < -0.3 is 9.84 Å². The number of nitrogens with zero attached hydrogens (tertiary/aromatic N) is 2. The number of carbonyl (C=O) groups excluding carboxylic acids is 1. The van der Waals surface area contributed by atoms with Crippen LogP contribution in [-0.4, -0.2) is 37.4 Å². The van der Waals surface area contributed by atoms with E-state index in [9.17, 15) is 9.90 Å². The van der Waals surface area contributed by atoms with Gasteiger partial charge in [-0.1, -0.05) is 31.8 Å². The molecule has 0 bridgehead atoms. The van der Waals surface area contributed by atoms with Gasteiger partial charge in [-0.05, 0) is 48.2 Å². The normalized spacial score (nSPS) is 21.0. The zero-order valence-electron chi connectivity index (χ0n) is 16.2. The maximum Gasteiger partial charge on any atom is 0.241 e. The molecule has 1 aromatic carbocycles. The van der Waals surface area contributed by atoms with Crippen LogP contribution in [0.3, 0.4) is 0 Å². The molecule has 1 spiro atoms. The van der Waals surface area contributed by atoms with Crippen LogP contribution in [0, 0.1) is 0 Å². The third kappa shape index (κ3) is 3.17. The fourth-order valence-electron chi connectivity index (χ4n) is 4.11. The number of hydrogen-bond acceptors (Lipinski definition) is 4. The molecule has 1 aliphatic carbocycles. The van der Waals surface area contributed by atoms with Gasteiger partial charge in [-0.3, -0.25) is 9.69 Å². The maximum atomic E-state index is 13.5. The predicted molar refractivity (Wildman–Crippen MR) is 108 cm³/mol. The van der Waals surface area contributed by atoms with Crippen molar-refractivity contribution in [1.82, 2.24) is 4.98 Å². The number of phenolic OH excluding ortho intramolecular Hbond substituents is 1. The summed E-state index contributed by atoms with van der Waals surface area (Å²) in [4.78, 5) is 19.7. The van der Waals surface area contributed by atoms with Crippen LogP contribution in [0.5, 0.6) is 5.75 Å². The number of pyridine rings is 1. The van der Waals surface area contributed by atoms with Crippen LogP contribution in [0.15, 0.2) is 36.5 Å². The number of hydrogen-bond donors (Lipinski definition) is 1. The molecule has 1 aromatic heterocycles. The highest BCUT2D eigenvalue weighted by atomic mass is 28.3. The zero-order valence-corrected chi connectivity index (χ0v) is 17.2. The van der Waals surface area contributed by atoms with Gasteiger partial charge in [0.2, 0.25) is 5.91 Å². The molecule has 5 nitrogen and oxygen atoms in total. The highest BCUT2D eigenvalue weighted by Crippen LogP contribution is 2.49. The lowest BCUT2D eigenvalue weighted by Gasteiger charge is -2.23. The van der Waals surface area contributed by atoms with Gasteiger partial charge in [-0.15, -0.1) is 0 Å². The molecule has 1 aliphatic heterocycles. The van der Waals surface area contributed by atoms with Gasteiger partial charge in [0, 0.05) is 26.4 Å². The summed E-state index contributed by atoms with van der Waals surface area (Å²) in [5.41, 5.74) is 2.51. The van der Waals surface area contributed by atoms with Crippen LogP contribution in [0.4, 0.5) is 5.82 Å². The van der Waals surface area contributed by atoms with E-state index in [0.717, 1.165) is 22.7 Å². The van der Waals surface area contributed by atoms with Crippen molar-refractivity contribution >= 4 is 19.8 Å². The Kier molecular flexibility index (Phi) is 4.35. The van der Waals surface area contributed by atoms with Crippen molar-refractivity contribution in [3.63, 3.8) is 0 Å². The van der Waals surface area contributed by atoms with Crippen LogP contribution < -0.4 is 4.90 Å². The fraction of sp³-hybridized carbons (Fsp3) is 0.429. The van der Waals surface area contributed by atoms with Crippen LogP contribution in [0.2, 0.25) is 25.7 Å². The second-order valence-electron chi connectivity index (χ2n) is 8.84. The van der Waals surface area contributed by atoms with Gasteiger partial charge in [0.25, 0.3) is 0 Å². The van der Waals surface area contributed by atoms with E-state index in [1.165, 1.54) is 0 Å². The number of anilines is 1. The Morgan fingerprint density at radius 2 is 2.00 bits per heavy atom. The second kappa shape index (κ2) is 6.46. The van der Waals surface area contributed by atoms with Gasteiger partial charge in [0.05, 0.1) is 5.41 Å². The van der Waals surface area contributed by atoms with E-state index < -0.39 is 13.5 Å². The summed E-state index contributed by atoms with van der Waals surface area (Å²) >= 11 is 0. The number of ether oxygens (including phenoxy) is 1. The number of benzene rings is 1. The second-order valence-corrected chi connectivity index (χ2v) is 14.5. The Bertz CT molecular complexity index is 893. The number of aromatic nitrogens is 1. The smallest absolute Gasteiger partial charge is 0.241 e. The van der Waals surface area contributed by atoms with Crippen molar-refractivity contribution in [3.8, 4) is 5.75 Å². The van der Waals surface area contributed by atoms with E-state index in [-0.39, 0.29) is 18.4 Å². The lowest BCUT2D eigenvalue weighted by Crippen LogP contribution is -2.42. The highest BCUT2D eigenvalue weighted by molar-refractivity contribution is 6.76. The lowest BCUT2D eigenvalue weighted by atomic mass is 9.79. The average Bonchev–Trinajstić information content (AvgIpc) is 3.09. The molecule has 0 saturated heterocycles. The summed E-state index contributed by atoms with van der Waals surface area (Å²) < 4.78 is 5.88. The van der Waals surface area contributed by atoms with Crippen molar-refractivity contribution in [3.05, 3.63) is 53.2 Å². The fourth-order valence-corrected chi connectivity index (χ4v) is 4.87. The third-order valence-electron chi connectivity index (χ3n) is 5.60. The van der Waals surface area contributed by atoms with Gasteiger partial charge in [-0.2, -0.15) is 0 Å². The molecule has 0 fully saturated rings. The SMILES string of the molecule is C[Si](C)(C)CCOCN1C(=O)[C@@]2(Cc3ccc(O)cc3C2)c2cccnc21. The molecule has 4 rings (SSSR count). The molecule has 0 radical (unpaired) electrons. The van der Waals surface area contributed by atoms with Gasteiger partial charge in [0.1, 0.15) is 18.3 Å². The zero-order chi connectivity index (χ0) is 19.2. The van der Waals surface area contributed by atoms with Crippen molar-refractivity contribution in [2.75, 3.05) is 18.2 Å². The molecule has 0 unspecified atom stereocenters. The van der Waals surface area contributed by atoms with E-state index in [0.29, 0.717) is 25.3 Å². The molecule has 1 atom stereocenters. The summed E-state index contributed by atoms with van der Waals surface area (Å²) in [7, 11) is -1.17. The number of rotatable bonds is 5. The van der Waals surface area contributed by atoms with E-state index in [1.807, 2.05) is 18.2 Å². The number of fused-ring (bicyclic) bond motifs is 3. The summed E-state index contributed by atoms with van der Waals surface area (Å²) in [6.45, 7) is 7.86. The molecule has 0 saturated carbocycles. The monoisotopic (exact) mass is 382 g/mol. The van der Waals surface area contributed by atoms with E-state index in [4.69, 9.17) is 4.74 Å². The average molecular weight is 383 g/mol. The number of amides is 1. The highest BCUT2D eigenvalue weighted by Gasteiger charge is 2.54. The molecule has 2 aromatic rings. The maximum absolute atomic E-state index is 13.5. The lowest BCUT2D eigenvalue weighted by molar-refractivity contribution is -0.124. The van der Waals surface area contributed by atoms with Crippen molar-refractivity contribution < 1.29 is 14.6 Å². The third-order valence-corrected chi connectivity index (χ3v) is 7.31. The van der Waals surface area contributed by atoms with Crippen LogP contribution in [0.1, 0.15) is 16.7 Å². The first-order valence-corrected chi connectivity index (χ1v) is 13.2. The molecule has 27 heavy (non-hydrogen) atoms. The quantitative estimate of drug-likeness (QED) is 0.635. The first-order chi connectivity index (χ1) is 12.8. The van der Waals surface area contributed by atoms with Gasteiger partial charge >= 0.3 is 0 Å². The first-order valence-electron chi connectivity index (χ1n) is 9.46. The van der Waals surface area contributed by atoms with Crippen molar-refractivity contribution in [2.45, 2.75) is 43.9 Å². The number of carbonyl (C=O) groups is 1. The Hall–Kier alpha value is -2.18. The van der Waals surface area contributed by atoms with Crippen LogP contribution in [-0.2, 0) is 27.8 Å². The molecule has 2 aliphatic rings. The minimum atomic E-state index is -1.17. The minimum absolute atomic E-state index is 0.0555. The molecule has 2 heterocycles. The van der Waals surface area contributed by atoms with E-state index >= 15 is 0 Å². The Balaban J connectivity index is 1.60. The summed E-state index contributed by atoms with van der Waals surface area (Å²) in [5, 5.41) is 9.83. The molecule has 1 amide bonds. The van der Waals surface area contributed by atoms with Crippen LogP contribution in [0.25, 0.3) is 0 Å². The van der Waals surface area contributed by atoms with Crippen LogP contribution >= 0.6 is 0 Å². The number of aromatic hydroxyl groups is 1. The predicted octanol–water partition coefficient (Wildman–Crippen LogP) is 3.48. The molecule has 6 heteroatoms. The minimum Gasteiger partial charge on any atom is -0.508 e. The van der Waals surface area contributed by atoms with E-state index in [2.05, 4.69) is 24.6 Å². The Labute approximate surface area is 161 Å². The Morgan fingerprint density at radius 3 is 2.78 bits per heavy atom. The van der Waals surface area contributed by atoms with E-state index in [1.54, 1.807) is 23.2 Å².